The zero-order valence-corrected chi connectivity index (χ0v) is 15.9. The summed E-state index contributed by atoms with van der Waals surface area (Å²) in [5.74, 6) is 1.70. The van der Waals surface area contributed by atoms with Gasteiger partial charge in [-0.3, -0.25) is 4.99 Å². The Hall–Kier alpha value is -0.850. The highest BCUT2D eigenvalue weighted by Crippen LogP contribution is 2.31. The normalized spacial score (nSPS) is 22.3. The molecular weight excluding hydrogens is 302 g/mol. The van der Waals surface area contributed by atoms with Gasteiger partial charge in [0.2, 0.25) is 0 Å². The summed E-state index contributed by atoms with van der Waals surface area (Å²) in [6.45, 7) is 10.4. The third-order valence-corrected chi connectivity index (χ3v) is 4.91. The quantitative estimate of drug-likeness (QED) is 0.334. The van der Waals surface area contributed by atoms with E-state index in [1.54, 1.807) is 7.11 Å². The Kier molecular flexibility index (Phi) is 8.84. The molecule has 2 rings (SSSR count). The van der Waals surface area contributed by atoms with Crippen molar-refractivity contribution in [3.63, 3.8) is 0 Å². The van der Waals surface area contributed by atoms with Crippen LogP contribution in [0.2, 0.25) is 0 Å². The zero-order chi connectivity index (χ0) is 17.2. The van der Waals surface area contributed by atoms with Gasteiger partial charge >= 0.3 is 0 Å². The van der Waals surface area contributed by atoms with E-state index in [1.807, 2.05) is 0 Å². The van der Waals surface area contributed by atoms with E-state index >= 15 is 0 Å². The summed E-state index contributed by atoms with van der Waals surface area (Å²) in [5.41, 5.74) is 0. The van der Waals surface area contributed by atoms with Gasteiger partial charge in [-0.05, 0) is 52.1 Å². The number of ether oxygens (including phenoxy) is 1. The maximum atomic E-state index is 5.10. The molecule has 1 aliphatic heterocycles. The molecule has 6 heteroatoms. The number of methoxy groups -OCH3 is 1. The molecule has 0 radical (unpaired) electrons. The number of nitrogens with one attached hydrogen (secondary N) is 2. The Bertz CT molecular complexity index is 372. The molecule has 1 aliphatic carbocycles. The van der Waals surface area contributed by atoms with Crippen molar-refractivity contribution in [1.82, 2.24) is 20.4 Å². The van der Waals surface area contributed by atoms with Crippen molar-refractivity contribution in [3.8, 4) is 0 Å². The first kappa shape index (κ1) is 19.5. The van der Waals surface area contributed by atoms with Gasteiger partial charge in [-0.2, -0.15) is 0 Å². The molecule has 24 heavy (non-hydrogen) atoms. The number of likely N-dealkylation sites (N-methyl/N-ethyl adjacent to an activating group) is 1. The van der Waals surface area contributed by atoms with Crippen molar-refractivity contribution in [2.75, 3.05) is 66.6 Å². The number of rotatable bonds is 11. The highest BCUT2D eigenvalue weighted by Gasteiger charge is 2.34. The van der Waals surface area contributed by atoms with Crippen molar-refractivity contribution >= 4 is 5.96 Å². The number of guanidine groups is 1. The fraction of sp³-hybridized carbons (Fsp3) is 0.944. The summed E-state index contributed by atoms with van der Waals surface area (Å²) < 4.78 is 5.10. The van der Waals surface area contributed by atoms with Crippen LogP contribution in [0, 0.1) is 5.92 Å². The standard InChI is InChI=1S/C18H37N5O/c1-4-19-18(20-9-12-22(2)10-5-13-24-3)21-14-16-8-11-23(15-16)17-6-7-17/h16-17H,4-15H2,1-3H3,(H2,19,20,21). The zero-order valence-electron chi connectivity index (χ0n) is 15.9. The maximum Gasteiger partial charge on any atom is 0.191 e. The lowest BCUT2D eigenvalue weighted by Crippen LogP contribution is -2.41. The average Bonchev–Trinajstić information content (AvgIpc) is 3.31. The largest absolute Gasteiger partial charge is 0.385 e. The molecule has 1 heterocycles. The molecule has 2 N–H and O–H groups in total. The van der Waals surface area contributed by atoms with Gasteiger partial charge in [0.05, 0.1) is 0 Å². The molecule has 2 aliphatic rings. The first-order chi connectivity index (χ1) is 11.7. The highest BCUT2D eigenvalue weighted by molar-refractivity contribution is 5.79. The molecule has 2 fully saturated rings. The van der Waals surface area contributed by atoms with Crippen molar-refractivity contribution in [2.45, 2.75) is 38.6 Å². The fourth-order valence-corrected chi connectivity index (χ4v) is 3.30. The van der Waals surface area contributed by atoms with Crippen molar-refractivity contribution in [2.24, 2.45) is 10.9 Å². The van der Waals surface area contributed by atoms with Gasteiger partial charge in [0.25, 0.3) is 0 Å². The topological polar surface area (TPSA) is 52.1 Å². The summed E-state index contributed by atoms with van der Waals surface area (Å²) in [5, 5.41) is 6.83. The number of hydrogen-bond donors (Lipinski definition) is 2. The molecule has 0 bridgehead atoms. The monoisotopic (exact) mass is 339 g/mol. The summed E-state index contributed by atoms with van der Waals surface area (Å²) in [7, 11) is 3.92. The summed E-state index contributed by atoms with van der Waals surface area (Å²) in [6.07, 6.45) is 5.22. The highest BCUT2D eigenvalue weighted by atomic mass is 16.5. The summed E-state index contributed by atoms with van der Waals surface area (Å²) in [4.78, 5) is 9.81. The molecular formula is C18H37N5O. The molecule has 1 saturated carbocycles. The first-order valence-electron chi connectivity index (χ1n) is 9.66. The van der Waals surface area contributed by atoms with E-state index in [2.05, 4.69) is 34.4 Å². The maximum absolute atomic E-state index is 5.10. The minimum absolute atomic E-state index is 0.734. The number of hydrogen-bond acceptors (Lipinski definition) is 4. The molecule has 1 atom stereocenters. The SMILES string of the molecule is CCNC(=NCC1CCN(C2CC2)C1)NCCN(C)CCCOC. The Morgan fingerprint density at radius 3 is 2.79 bits per heavy atom. The van der Waals surface area contributed by atoms with Gasteiger partial charge in [-0.25, -0.2) is 0 Å². The predicted molar refractivity (Wildman–Crippen MR) is 101 cm³/mol. The van der Waals surface area contributed by atoms with E-state index in [1.165, 1.54) is 32.4 Å². The van der Waals surface area contributed by atoms with E-state index in [0.29, 0.717) is 0 Å². The molecule has 1 saturated heterocycles. The fourth-order valence-electron chi connectivity index (χ4n) is 3.30. The lowest BCUT2D eigenvalue weighted by Gasteiger charge is -2.18. The van der Waals surface area contributed by atoms with Crippen LogP contribution in [0.25, 0.3) is 0 Å². The van der Waals surface area contributed by atoms with Gasteiger partial charge in [-0.1, -0.05) is 0 Å². The molecule has 6 nitrogen and oxygen atoms in total. The van der Waals surface area contributed by atoms with Gasteiger partial charge < -0.3 is 25.2 Å². The van der Waals surface area contributed by atoms with E-state index in [0.717, 1.165) is 63.7 Å². The lowest BCUT2D eigenvalue weighted by atomic mass is 10.1. The molecule has 140 valence electrons. The number of nitrogens with zero attached hydrogens (tertiary/aromatic N) is 3. The van der Waals surface area contributed by atoms with E-state index in [-0.39, 0.29) is 0 Å². The average molecular weight is 340 g/mol. The number of likely N-dealkylation sites (tertiary alicyclic amines) is 1. The van der Waals surface area contributed by atoms with Crippen LogP contribution >= 0.6 is 0 Å². The minimum Gasteiger partial charge on any atom is -0.385 e. The van der Waals surface area contributed by atoms with E-state index < -0.39 is 0 Å². The van der Waals surface area contributed by atoms with E-state index in [4.69, 9.17) is 9.73 Å². The van der Waals surface area contributed by atoms with Crippen LogP contribution in [0.1, 0.15) is 32.6 Å². The van der Waals surface area contributed by atoms with Crippen LogP contribution in [0.4, 0.5) is 0 Å². The smallest absolute Gasteiger partial charge is 0.191 e. The third-order valence-electron chi connectivity index (χ3n) is 4.91. The van der Waals surface area contributed by atoms with Crippen LogP contribution in [0.3, 0.4) is 0 Å². The summed E-state index contributed by atoms with van der Waals surface area (Å²) >= 11 is 0. The van der Waals surface area contributed by atoms with E-state index in [9.17, 15) is 0 Å². The summed E-state index contributed by atoms with van der Waals surface area (Å²) in [6, 6.07) is 0.902. The molecule has 0 aromatic heterocycles. The Morgan fingerprint density at radius 2 is 2.08 bits per heavy atom. The lowest BCUT2D eigenvalue weighted by molar-refractivity contribution is 0.180. The number of aliphatic imine (C=N–C) groups is 1. The second-order valence-electron chi connectivity index (χ2n) is 7.18. The Labute approximate surface area is 148 Å². The predicted octanol–water partition coefficient (Wildman–Crippen LogP) is 0.994. The van der Waals surface area contributed by atoms with Crippen LogP contribution < -0.4 is 10.6 Å². The van der Waals surface area contributed by atoms with Crippen LogP contribution in [0.5, 0.6) is 0 Å². The molecule has 1 unspecified atom stereocenters. The molecule has 0 aromatic rings. The molecule has 0 aromatic carbocycles. The van der Waals surface area contributed by atoms with Crippen molar-refractivity contribution < 1.29 is 4.74 Å². The van der Waals surface area contributed by atoms with Gasteiger partial charge in [-0.15, -0.1) is 0 Å². The third kappa shape index (κ3) is 7.36. The Balaban J connectivity index is 1.63. The van der Waals surface area contributed by atoms with Crippen LogP contribution in [-0.2, 0) is 4.74 Å². The second-order valence-corrected chi connectivity index (χ2v) is 7.18. The first-order valence-corrected chi connectivity index (χ1v) is 9.66. The Morgan fingerprint density at radius 1 is 1.25 bits per heavy atom. The van der Waals surface area contributed by atoms with Gasteiger partial charge in [0.15, 0.2) is 5.96 Å². The molecule has 0 amide bonds. The van der Waals surface area contributed by atoms with Crippen LogP contribution in [-0.4, -0.2) is 88.4 Å². The van der Waals surface area contributed by atoms with Gasteiger partial charge in [0.1, 0.15) is 0 Å². The molecule has 0 spiro atoms. The van der Waals surface area contributed by atoms with Crippen LogP contribution in [0.15, 0.2) is 4.99 Å². The van der Waals surface area contributed by atoms with Gasteiger partial charge in [0, 0.05) is 59.0 Å². The second kappa shape index (κ2) is 10.9. The van der Waals surface area contributed by atoms with Crippen molar-refractivity contribution in [3.05, 3.63) is 0 Å². The minimum atomic E-state index is 0.734. The van der Waals surface area contributed by atoms with Crippen molar-refractivity contribution in [1.29, 1.82) is 0 Å².